The van der Waals surface area contributed by atoms with E-state index in [9.17, 15) is 61.3 Å². The Balaban J connectivity index is 0.883. The molecule has 26 unspecified atom stereocenters. The topological polar surface area (TPSA) is 376 Å². The Kier molecular flexibility index (Phi) is 12.9. The molecule has 6 heterocycles. The third kappa shape index (κ3) is 7.73. The van der Waals surface area contributed by atoms with E-state index in [0.717, 1.165) is 0 Å². The zero-order valence-electron chi connectivity index (χ0n) is 37.9. The van der Waals surface area contributed by atoms with Crippen molar-refractivity contribution in [3.8, 4) is 11.5 Å². The lowest BCUT2D eigenvalue weighted by Gasteiger charge is -2.50. The highest BCUT2D eigenvalue weighted by Crippen LogP contribution is 2.65. The van der Waals surface area contributed by atoms with Gasteiger partial charge in [0.1, 0.15) is 95.9 Å². The van der Waals surface area contributed by atoms with Gasteiger partial charge >= 0.3 is 11.9 Å². The number of aliphatic hydroxyl groups is 10. The molecule has 2 aromatic rings. The van der Waals surface area contributed by atoms with E-state index >= 15 is 9.59 Å². The monoisotopic (exact) mass is 1020 g/mol. The summed E-state index contributed by atoms with van der Waals surface area (Å²) in [4.78, 5) is 30.3. The van der Waals surface area contributed by atoms with Crippen molar-refractivity contribution in [2.75, 3.05) is 26.4 Å². The van der Waals surface area contributed by atoms with Gasteiger partial charge in [0.2, 0.25) is 12.6 Å². The molecule has 4 saturated heterocycles. The van der Waals surface area contributed by atoms with Gasteiger partial charge in [-0.15, -0.1) is 0 Å². The number of hydrogen-bond acceptors (Lipinski definition) is 24. The molecule has 3 aliphatic carbocycles. The van der Waals surface area contributed by atoms with Crippen LogP contribution in [0.3, 0.4) is 0 Å². The Morgan fingerprint density at radius 3 is 1.24 bits per heavy atom. The van der Waals surface area contributed by atoms with Crippen LogP contribution in [0.25, 0.3) is 0 Å². The minimum Gasteiger partial charge on any atom is -0.508 e. The maximum atomic E-state index is 15.1. The van der Waals surface area contributed by atoms with Gasteiger partial charge in [-0.05, 0) is 47.5 Å². The molecular formula is C48H56O24. The summed E-state index contributed by atoms with van der Waals surface area (Å²) in [7, 11) is 0. The number of carbonyl (C=O) groups is 2. The molecule has 72 heavy (non-hydrogen) atoms. The molecule has 9 aliphatic rings. The average Bonchev–Trinajstić information content (AvgIpc) is 4.26. The Hall–Kier alpha value is -4.58. The summed E-state index contributed by atoms with van der Waals surface area (Å²) in [5.74, 6) is -9.56. The summed E-state index contributed by atoms with van der Waals surface area (Å²) in [5.41, 5.74) is -1.77. The van der Waals surface area contributed by atoms with Crippen LogP contribution >= 0.6 is 0 Å². The number of fused-ring (bicyclic) bond motifs is 6. The maximum Gasteiger partial charge on any atom is 0.310 e. The van der Waals surface area contributed by atoms with Gasteiger partial charge in [-0.3, -0.25) is 9.59 Å². The average molecular weight is 1020 g/mol. The predicted molar refractivity (Wildman–Crippen MR) is 230 cm³/mol. The van der Waals surface area contributed by atoms with Crippen LogP contribution in [0.5, 0.6) is 11.5 Å². The van der Waals surface area contributed by atoms with E-state index in [1.165, 1.54) is 36.8 Å². The number of phenols is 2. The minimum absolute atomic E-state index is 0.0738. The fourth-order valence-electron chi connectivity index (χ4n) is 12.6. The summed E-state index contributed by atoms with van der Waals surface area (Å²) in [6.45, 7) is -2.66. The Bertz CT molecular complexity index is 2220. The fraction of sp³-hybridized carbons (Fsp3) is 0.625. The normalized spacial score (nSPS) is 48.1. The predicted octanol–water partition coefficient (Wildman–Crippen LogP) is -3.84. The van der Waals surface area contributed by atoms with Gasteiger partial charge in [-0.1, -0.05) is 24.3 Å². The van der Waals surface area contributed by atoms with E-state index in [2.05, 4.69) is 0 Å². The lowest BCUT2D eigenvalue weighted by atomic mass is 9.52. The van der Waals surface area contributed by atoms with Crippen molar-refractivity contribution < 1.29 is 118 Å². The van der Waals surface area contributed by atoms with Crippen molar-refractivity contribution in [3.63, 3.8) is 0 Å². The zero-order chi connectivity index (χ0) is 50.7. The highest BCUT2D eigenvalue weighted by atomic mass is 16.8. The summed E-state index contributed by atoms with van der Waals surface area (Å²) >= 11 is 0. The van der Waals surface area contributed by atoms with E-state index in [4.69, 9.17) is 47.4 Å². The summed E-state index contributed by atoms with van der Waals surface area (Å²) in [6.07, 6.45) is -17.5. The van der Waals surface area contributed by atoms with Gasteiger partial charge < -0.3 is 109 Å². The molecule has 0 bridgehead atoms. The molecule has 7 fully saturated rings. The van der Waals surface area contributed by atoms with Gasteiger partial charge in [0.15, 0.2) is 12.6 Å². The molecule has 6 aliphatic heterocycles. The Morgan fingerprint density at radius 1 is 0.514 bits per heavy atom. The van der Waals surface area contributed by atoms with Gasteiger partial charge in [0, 0.05) is 23.7 Å². The number of rotatable bonds is 14. The fourth-order valence-corrected chi connectivity index (χ4v) is 12.6. The molecule has 0 spiro atoms. The Morgan fingerprint density at radius 2 is 0.889 bits per heavy atom. The van der Waals surface area contributed by atoms with E-state index in [1.807, 2.05) is 0 Å². The lowest BCUT2D eigenvalue weighted by molar-refractivity contribution is -0.344. The highest BCUT2D eigenvalue weighted by Gasteiger charge is 2.79. The molecule has 24 heteroatoms. The van der Waals surface area contributed by atoms with E-state index in [0.29, 0.717) is 11.1 Å². The molecular weight excluding hydrogens is 961 g/mol. The number of phenolic OH excluding ortho intramolecular Hbond substituents is 2. The third-order valence-corrected chi connectivity index (χ3v) is 16.3. The SMILES string of the molecule is O=C(OC1C2C=COC(OC3OC(CO)C(O)C(O)C3O)C2C2(CO)OC12)C1C(C(=O)OC2C3C=COC(OC4OC(CO)C(O)C(O)C4O)C3C3(CO)OC23)C(c2ccc(O)cc2)C1c1ccc(O)cc1. The van der Waals surface area contributed by atoms with Crippen molar-refractivity contribution >= 4 is 11.9 Å². The van der Waals surface area contributed by atoms with Crippen LogP contribution in [-0.2, 0) is 57.0 Å². The Labute approximate surface area is 408 Å². The van der Waals surface area contributed by atoms with Crippen LogP contribution < -0.4 is 0 Å². The first-order chi connectivity index (χ1) is 34.6. The summed E-state index contributed by atoms with van der Waals surface area (Å²) in [5, 5.41) is 125. The van der Waals surface area contributed by atoms with Crippen molar-refractivity contribution in [1.29, 1.82) is 0 Å². The molecule has 12 N–H and O–H groups in total. The maximum absolute atomic E-state index is 15.1. The number of ether oxygens (including phenoxy) is 10. The van der Waals surface area contributed by atoms with Crippen molar-refractivity contribution in [1.82, 2.24) is 0 Å². The van der Waals surface area contributed by atoms with E-state index in [1.54, 1.807) is 36.4 Å². The van der Waals surface area contributed by atoms with Crippen LogP contribution in [0.1, 0.15) is 23.0 Å². The number of aliphatic hydroxyl groups excluding tert-OH is 10. The molecule has 0 aromatic heterocycles. The zero-order valence-corrected chi connectivity index (χ0v) is 37.9. The minimum atomic E-state index is -1.80. The van der Waals surface area contributed by atoms with Gasteiger partial charge in [-0.25, -0.2) is 0 Å². The number of benzene rings is 2. The number of carbonyl (C=O) groups excluding carboxylic acids is 2. The molecule has 392 valence electrons. The van der Waals surface area contributed by atoms with Crippen LogP contribution in [0.2, 0.25) is 0 Å². The first kappa shape index (κ1) is 49.6. The van der Waals surface area contributed by atoms with Crippen LogP contribution in [-0.4, -0.2) is 209 Å². The second kappa shape index (κ2) is 18.7. The number of hydrogen-bond donors (Lipinski definition) is 12. The largest absolute Gasteiger partial charge is 0.508 e. The quantitative estimate of drug-likeness (QED) is 0.0637. The first-order valence-corrected chi connectivity index (χ1v) is 23.7. The summed E-state index contributed by atoms with van der Waals surface area (Å²) < 4.78 is 59.7. The highest BCUT2D eigenvalue weighted by molar-refractivity contribution is 5.87. The standard InChI is InChI=1S/C48H56O24/c49-13-23-31(55)33(57)35(59)45(65-23)69-43-29-21(9-11-63-43)37(39-47(29,15-51)71-39)67-41(61)27-25(17-1-5-19(53)6-2-17)26(18-3-7-20(54)8-4-18)28(27)42(62)68-38-22-10-12-64-44(30(22)48(16-52)40(38)72-48)70-46-36(60)34(58)32(56)24(14-50)66-46/h1-12,21-40,43-46,49-60H,13-16H2. The molecule has 0 amide bonds. The van der Waals surface area contributed by atoms with E-state index in [-0.39, 0.29) is 11.5 Å². The van der Waals surface area contributed by atoms with Crippen molar-refractivity contribution in [2.45, 2.75) is 121 Å². The lowest BCUT2D eigenvalue weighted by Crippen LogP contribution is -2.60. The van der Waals surface area contributed by atoms with Crippen LogP contribution in [0.4, 0.5) is 0 Å². The second-order valence-corrected chi connectivity index (χ2v) is 19.9. The van der Waals surface area contributed by atoms with Crippen LogP contribution in [0.15, 0.2) is 73.2 Å². The molecule has 24 nitrogen and oxygen atoms in total. The van der Waals surface area contributed by atoms with Crippen LogP contribution in [0, 0.1) is 35.5 Å². The smallest absolute Gasteiger partial charge is 0.310 e. The number of aromatic hydroxyl groups is 2. The van der Waals surface area contributed by atoms with Crippen molar-refractivity contribution in [2.24, 2.45) is 35.5 Å². The first-order valence-electron chi connectivity index (χ1n) is 23.7. The molecule has 11 rings (SSSR count). The molecule has 0 radical (unpaired) electrons. The third-order valence-electron chi connectivity index (χ3n) is 16.3. The number of epoxide rings is 2. The van der Waals surface area contributed by atoms with E-state index < -0.39 is 195 Å². The van der Waals surface area contributed by atoms with Crippen molar-refractivity contribution in [3.05, 3.63) is 84.3 Å². The second-order valence-electron chi connectivity index (χ2n) is 19.9. The van der Waals surface area contributed by atoms with Gasteiger partial charge in [0.05, 0.1) is 62.6 Å². The van der Waals surface area contributed by atoms with Gasteiger partial charge in [0.25, 0.3) is 0 Å². The molecule has 3 saturated carbocycles. The number of esters is 2. The molecule has 26 atom stereocenters. The summed E-state index contributed by atoms with van der Waals surface area (Å²) in [6, 6.07) is 12.1. The molecule has 2 aromatic carbocycles. The van der Waals surface area contributed by atoms with Gasteiger partial charge in [-0.2, -0.15) is 0 Å².